The molecule has 2 saturated heterocycles. The molecule has 0 bridgehead atoms. The number of ether oxygens (including phenoxy) is 3. The maximum absolute atomic E-state index is 13.7. The summed E-state index contributed by atoms with van der Waals surface area (Å²) in [5.74, 6) is -3.65. The molecule has 0 N–H and O–H groups in total. The maximum Gasteiger partial charge on any atom is 0.272 e. The van der Waals surface area contributed by atoms with Crippen molar-refractivity contribution in [3.63, 3.8) is 0 Å². The van der Waals surface area contributed by atoms with Crippen molar-refractivity contribution in [3.8, 4) is 0 Å². The molecule has 0 aromatic heterocycles. The van der Waals surface area contributed by atoms with Gasteiger partial charge in [-0.3, -0.25) is 0 Å². The Morgan fingerprint density at radius 1 is 1.24 bits per heavy atom. The summed E-state index contributed by atoms with van der Waals surface area (Å²) < 4.78 is 44.2. The third-order valence-corrected chi connectivity index (χ3v) is 3.97. The molecule has 96 valence electrons. The van der Waals surface area contributed by atoms with E-state index in [9.17, 15) is 8.78 Å². The van der Waals surface area contributed by atoms with Crippen LogP contribution in [-0.4, -0.2) is 30.2 Å². The molecule has 1 saturated carbocycles. The van der Waals surface area contributed by atoms with E-state index in [0.29, 0.717) is 0 Å². The van der Waals surface area contributed by atoms with Crippen molar-refractivity contribution in [1.29, 1.82) is 0 Å². The molecule has 0 unspecified atom stereocenters. The van der Waals surface area contributed by atoms with Crippen LogP contribution >= 0.6 is 0 Å². The molecule has 3 nitrogen and oxygen atoms in total. The second-order valence-corrected chi connectivity index (χ2v) is 5.85. The third kappa shape index (κ3) is 1.36. The summed E-state index contributed by atoms with van der Waals surface area (Å²) in [5.41, 5.74) is -0.904. The average molecular weight is 246 g/mol. The molecule has 1 aliphatic carbocycles. The number of halogens is 2. The topological polar surface area (TPSA) is 27.7 Å². The van der Waals surface area contributed by atoms with Crippen LogP contribution in [0.1, 0.15) is 27.2 Å². The monoisotopic (exact) mass is 246 g/mol. The Labute approximate surface area is 98.7 Å². The second kappa shape index (κ2) is 2.90. The third-order valence-electron chi connectivity index (χ3n) is 3.97. The molecule has 0 radical (unpaired) electrons. The van der Waals surface area contributed by atoms with E-state index in [1.54, 1.807) is 20.8 Å². The highest BCUT2D eigenvalue weighted by Gasteiger charge is 2.70. The van der Waals surface area contributed by atoms with Crippen LogP contribution in [0.4, 0.5) is 8.78 Å². The van der Waals surface area contributed by atoms with Crippen molar-refractivity contribution in [1.82, 2.24) is 0 Å². The van der Waals surface area contributed by atoms with Gasteiger partial charge in [0.25, 0.3) is 5.92 Å². The molecular weight excluding hydrogens is 230 g/mol. The Morgan fingerprint density at radius 2 is 1.88 bits per heavy atom. The second-order valence-electron chi connectivity index (χ2n) is 5.85. The number of hydrogen-bond acceptors (Lipinski definition) is 3. The lowest BCUT2D eigenvalue weighted by Gasteiger charge is -2.29. The van der Waals surface area contributed by atoms with E-state index in [2.05, 4.69) is 6.58 Å². The molecule has 3 aliphatic rings. The van der Waals surface area contributed by atoms with E-state index in [-0.39, 0.29) is 12.0 Å². The minimum Gasteiger partial charge on any atom is -0.341 e. The van der Waals surface area contributed by atoms with Crippen molar-refractivity contribution >= 4 is 0 Å². The van der Waals surface area contributed by atoms with Gasteiger partial charge >= 0.3 is 0 Å². The molecule has 0 aromatic carbocycles. The van der Waals surface area contributed by atoms with E-state index >= 15 is 0 Å². The number of hydrogen-bond donors (Lipinski definition) is 0. The minimum absolute atomic E-state index is 0.153. The van der Waals surface area contributed by atoms with Gasteiger partial charge in [0.15, 0.2) is 12.1 Å². The van der Waals surface area contributed by atoms with Crippen molar-refractivity contribution in [2.75, 3.05) is 0 Å². The predicted octanol–water partition coefficient (Wildman–Crippen LogP) is 2.46. The Kier molecular flexibility index (Phi) is 1.97. The summed E-state index contributed by atoms with van der Waals surface area (Å²) in [4.78, 5) is 0. The van der Waals surface area contributed by atoms with E-state index < -0.39 is 35.6 Å². The molecule has 2 heterocycles. The van der Waals surface area contributed by atoms with Gasteiger partial charge in [-0.2, -0.15) is 0 Å². The lowest BCUT2D eigenvalue weighted by Crippen LogP contribution is -2.37. The zero-order chi connectivity index (χ0) is 12.6. The summed E-state index contributed by atoms with van der Waals surface area (Å²) >= 11 is 0. The van der Waals surface area contributed by atoms with Gasteiger partial charge in [-0.15, -0.1) is 0 Å². The Bertz CT molecular complexity index is 393. The lowest BCUT2D eigenvalue weighted by molar-refractivity contribution is -0.210. The first-order valence-corrected chi connectivity index (χ1v) is 5.74. The van der Waals surface area contributed by atoms with Gasteiger partial charge in [-0.05, 0) is 13.8 Å². The van der Waals surface area contributed by atoms with Gasteiger partial charge in [0, 0.05) is 17.4 Å². The SMILES string of the molecule is C=C1[C@H]2O[C@@H]3OC(C)(C)O[C@@H]3[C@@]2(C)CC1(F)F. The van der Waals surface area contributed by atoms with Crippen molar-refractivity contribution in [2.45, 2.75) is 57.4 Å². The van der Waals surface area contributed by atoms with Gasteiger partial charge in [0.2, 0.25) is 0 Å². The van der Waals surface area contributed by atoms with Crippen LogP contribution < -0.4 is 0 Å². The first-order chi connectivity index (χ1) is 7.66. The number of alkyl halides is 2. The molecule has 5 heteroatoms. The highest BCUT2D eigenvalue weighted by Crippen LogP contribution is 2.61. The minimum atomic E-state index is -2.87. The van der Waals surface area contributed by atoms with E-state index in [1.807, 2.05) is 0 Å². The Balaban J connectivity index is 1.95. The van der Waals surface area contributed by atoms with Crippen LogP contribution in [0.15, 0.2) is 12.2 Å². The summed E-state index contributed by atoms with van der Waals surface area (Å²) in [6.07, 6.45) is -1.98. The van der Waals surface area contributed by atoms with Gasteiger partial charge in [0.05, 0.1) is 6.10 Å². The first kappa shape index (κ1) is 11.6. The Morgan fingerprint density at radius 3 is 2.53 bits per heavy atom. The van der Waals surface area contributed by atoms with E-state index in [1.165, 1.54) is 0 Å². The van der Waals surface area contributed by atoms with Crippen LogP contribution in [0, 0.1) is 5.41 Å². The molecule has 0 aromatic rings. The highest BCUT2D eigenvalue weighted by molar-refractivity contribution is 5.29. The van der Waals surface area contributed by atoms with Crippen LogP contribution in [0.25, 0.3) is 0 Å². The molecule has 17 heavy (non-hydrogen) atoms. The van der Waals surface area contributed by atoms with Crippen LogP contribution in [0.3, 0.4) is 0 Å². The Hall–Kier alpha value is -0.520. The van der Waals surface area contributed by atoms with E-state index in [4.69, 9.17) is 14.2 Å². The first-order valence-electron chi connectivity index (χ1n) is 5.74. The van der Waals surface area contributed by atoms with Gasteiger partial charge in [0.1, 0.15) is 6.10 Å². The van der Waals surface area contributed by atoms with Gasteiger partial charge in [-0.1, -0.05) is 13.5 Å². The van der Waals surface area contributed by atoms with Crippen molar-refractivity contribution in [2.24, 2.45) is 5.41 Å². The lowest BCUT2D eigenvalue weighted by atomic mass is 9.82. The van der Waals surface area contributed by atoms with Crippen molar-refractivity contribution < 1.29 is 23.0 Å². The highest BCUT2D eigenvalue weighted by atomic mass is 19.3. The largest absolute Gasteiger partial charge is 0.341 e. The fourth-order valence-electron chi connectivity index (χ4n) is 3.17. The number of rotatable bonds is 0. The van der Waals surface area contributed by atoms with Crippen LogP contribution in [-0.2, 0) is 14.2 Å². The molecule has 3 fully saturated rings. The van der Waals surface area contributed by atoms with Crippen LogP contribution in [0.2, 0.25) is 0 Å². The molecule has 3 rings (SSSR count). The van der Waals surface area contributed by atoms with Crippen molar-refractivity contribution in [3.05, 3.63) is 12.2 Å². The quantitative estimate of drug-likeness (QED) is 0.614. The molecule has 2 aliphatic heterocycles. The fourth-order valence-corrected chi connectivity index (χ4v) is 3.17. The van der Waals surface area contributed by atoms with Gasteiger partial charge < -0.3 is 14.2 Å². The summed E-state index contributed by atoms with van der Waals surface area (Å²) in [6, 6.07) is 0. The fraction of sp³-hybridized carbons (Fsp3) is 0.833. The molecular formula is C12H16F2O3. The summed E-state index contributed by atoms with van der Waals surface area (Å²) in [5, 5.41) is 0. The molecule has 0 amide bonds. The summed E-state index contributed by atoms with van der Waals surface area (Å²) in [6.45, 7) is 8.75. The normalized spacial score (nSPS) is 50.4. The van der Waals surface area contributed by atoms with E-state index in [0.717, 1.165) is 0 Å². The average Bonchev–Trinajstić information content (AvgIpc) is 2.63. The molecule has 4 atom stereocenters. The van der Waals surface area contributed by atoms with Crippen LogP contribution in [0.5, 0.6) is 0 Å². The standard InChI is InChI=1S/C12H16F2O3/c1-6-7-11(4,5-12(6,13)14)8-9(15-7)17-10(2,3)16-8/h7-9H,1,5H2,2-4H3/t7-,8+,9-,11+/m1/s1. The predicted molar refractivity (Wildman–Crippen MR) is 55.5 cm³/mol. The zero-order valence-corrected chi connectivity index (χ0v) is 10.1. The van der Waals surface area contributed by atoms with Gasteiger partial charge in [-0.25, -0.2) is 8.78 Å². The number of fused-ring (bicyclic) bond motifs is 3. The summed E-state index contributed by atoms with van der Waals surface area (Å²) in [7, 11) is 0. The zero-order valence-electron chi connectivity index (χ0n) is 10.1. The molecule has 0 spiro atoms. The maximum atomic E-state index is 13.7. The smallest absolute Gasteiger partial charge is 0.272 e.